The molecule has 33 heavy (non-hydrogen) atoms. The number of halogens is 2. The van der Waals surface area contributed by atoms with Gasteiger partial charge in [-0.1, -0.05) is 35.9 Å². The van der Waals surface area contributed by atoms with E-state index in [1.807, 2.05) is 37.4 Å². The van der Waals surface area contributed by atoms with E-state index in [9.17, 15) is 17.6 Å². The van der Waals surface area contributed by atoms with E-state index in [1.165, 1.54) is 48.5 Å². The zero-order valence-electron chi connectivity index (χ0n) is 18.2. The second kappa shape index (κ2) is 11.2. The van der Waals surface area contributed by atoms with Crippen molar-refractivity contribution in [2.75, 3.05) is 12.8 Å². The topological polar surface area (TPSA) is 66.5 Å². The van der Waals surface area contributed by atoms with Gasteiger partial charge in [-0.25, -0.2) is 12.8 Å². The van der Waals surface area contributed by atoms with Crippen molar-refractivity contribution >= 4 is 39.3 Å². The third-order valence-electron chi connectivity index (χ3n) is 5.04. The Labute approximate surface area is 203 Å². The molecule has 3 rings (SSSR count). The highest BCUT2D eigenvalue weighted by atomic mass is 35.5. The molecule has 1 atom stereocenters. The minimum atomic E-state index is -4.01. The van der Waals surface area contributed by atoms with E-state index >= 15 is 0 Å². The number of nitrogens with zero attached hydrogens (tertiary/aromatic N) is 1. The second-order valence-corrected chi connectivity index (χ2v) is 10.7. The Morgan fingerprint density at radius 2 is 1.64 bits per heavy atom. The van der Waals surface area contributed by atoms with Crippen LogP contribution in [-0.2, 0) is 21.4 Å². The summed E-state index contributed by atoms with van der Waals surface area (Å²) in [5.74, 6) is -0.874. The lowest BCUT2D eigenvalue weighted by Gasteiger charge is -2.23. The molecule has 0 aliphatic heterocycles. The molecule has 5 nitrogen and oxygen atoms in total. The maximum absolute atomic E-state index is 13.3. The van der Waals surface area contributed by atoms with Crippen LogP contribution >= 0.6 is 23.4 Å². The van der Waals surface area contributed by atoms with Gasteiger partial charge in [0.1, 0.15) is 5.82 Å². The number of thioether (sulfide) groups is 1. The molecule has 3 aromatic carbocycles. The van der Waals surface area contributed by atoms with Gasteiger partial charge in [-0.3, -0.25) is 4.79 Å². The molecular weight excluding hydrogens is 483 g/mol. The largest absolute Gasteiger partial charge is 0.348 e. The number of rotatable bonds is 9. The third kappa shape index (κ3) is 6.80. The molecule has 3 aromatic rings. The predicted octanol–water partition coefficient (Wildman–Crippen LogP) is 5.27. The Bertz CT molecular complexity index is 1190. The third-order valence-corrected chi connectivity index (χ3v) is 7.84. The van der Waals surface area contributed by atoms with Crippen LogP contribution in [0.15, 0.2) is 82.6 Å². The first-order chi connectivity index (χ1) is 15.7. The number of carbonyl (C=O) groups excluding carboxylic acids is 1. The van der Waals surface area contributed by atoms with E-state index < -0.39 is 28.3 Å². The fourth-order valence-corrected chi connectivity index (χ4v) is 5.12. The van der Waals surface area contributed by atoms with Crippen LogP contribution in [0.4, 0.5) is 4.39 Å². The molecule has 0 spiro atoms. The number of amides is 1. The van der Waals surface area contributed by atoms with Crippen molar-refractivity contribution in [2.45, 2.75) is 29.3 Å². The van der Waals surface area contributed by atoms with Crippen molar-refractivity contribution in [1.82, 2.24) is 9.62 Å². The molecule has 0 saturated heterocycles. The van der Waals surface area contributed by atoms with Gasteiger partial charge in [0, 0.05) is 16.5 Å². The number of carbonyl (C=O) groups is 1. The van der Waals surface area contributed by atoms with Crippen LogP contribution < -0.4 is 5.32 Å². The molecule has 174 valence electrons. The first kappa shape index (κ1) is 25.2. The lowest BCUT2D eigenvalue weighted by atomic mass is 10.1. The summed E-state index contributed by atoms with van der Waals surface area (Å²) in [7, 11) is -4.01. The van der Waals surface area contributed by atoms with Crippen LogP contribution in [0.2, 0.25) is 5.02 Å². The number of benzene rings is 3. The van der Waals surface area contributed by atoms with Gasteiger partial charge in [0.2, 0.25) is 15.9 Å². The molecule has 0 fully saturated rings. The fourth-order valence-electron chi connectivity index (χ4n) is 3.20. The van der Waals surface area contributed by atoms with Crippen molar-refractivity contribution < 1.29 is 17.6 Å². The number of nitrogens with one attached hydrogen (secondary N) is 1. The van der Waals surface area contributed by atoms with Gasteiger partial charge in [-0.2, -0.15) is 4.31 Å². The molecule has 9 heteroatoms. The molecule has 0 aliphatic carbocycles. The standard InChI is InChI=1S/C24H24ClFN2O3S2/c1-17(19-5-11-22(32-2)12-6-19)27-24(29)16-28(15-18-3-9-21(26)10-4-18)33(30,31)23-13-7-20(25)8-14-23/h3-14,17H,15-16H2,1-2H3,(H,27,29)/t17-/m1/s1. The first-order valence-corrected chi connectivity index (χ1v) is 13.2. The van der Waals surface area contributed by atoms with Gasteiger partial charge in [-0.15, -0.1) is 11.8 Å². The Kier molecular flexibility index (Phi) is 8.53. The maximum atomic E-state index is 13.3. The quantitative estimate of drug-likeness (QED) is 0.401. The first-order valence-electron chi connectivity index (χ1n) is 10.1. The molecule has 0 aromatic heterocycles. The number of sulfonamides is 1. The molecule has 0 heterocycles. The van der Waals surface area contributed by atoms with Crippen LogP contribution in [-0.4, -0.2) is 31.4 Å². The molecule has 0 unspecified atom stereocenters. The van der Waals surface area contributed by atoms with Gasteiger partial charge >= 0.3 is 0 Å². The van der Waals surface area contributed by atoms with Crippen molar-refractivity contribution in [3.05, 3.63) is 94.8 Å². The van der Waals surface area contributed by atoms with Gasteiger partial charge in [0.25, 0.3) is 0 Å². The van der Waals surface area contributed by atoms with Crippen LogP contribution in [0.25, 0.3) is 0 Å². The van der Waals surface area contributed by atoms with Crippen molar-refractivity contribution in [1.29, 1.82) is 0 Å². The molecule has 0 radical (unpaired) electrons. The molecule has 1 N–H and O–H groups in total. The maximum Gasteiger partial charge on any atom is 0.243 e. The van der Waals surface area contributed by atoms with E-state index in [2.05, 4.69) is 5.32 Å². The smallest absolute Gasteiger partial charge is 0.243 e. The number of hydrogen-bond acceptors (Lipinski definition) is 4. The second-order valence-electron chi connectivity index (χ2n) is 7.42. The summed E-state index contributed by atoms with van der Waals surface area (Å²) in [6, 6.07) is 18.7. The van der Waals surface area contributed by atoms with Crippen LogP contribution in [0, 0.1) is 5.82 Å². The zero-order chi connectivity index (χ0) is 24.0. The van der Waals surface area contributed by atoms with E-state index in [0.29, 0.717) is 10.6 Å². The minimum absolute atomic E-state index is 0.0162. The van der Waals surface area contributed by atoms with Crippen LogP contribution in [0.1, 0.15) is 24.1 Å². The molecular formula is C24H24ClFN2O3S2. The summed E-state index contributed by atoms with van der Waals surface area (Å²) in [4.78, 5) is 14.0. The van der Waals surface area contributed by atoms with Crippen molar-refractivity contribution in [3.63, 3.8) is 0 Å². The number of hydrogen-bond donors (Lipinski definition) is 1. The molecule has 0 aliphatic rings. The summed E-state index contributed by atoms with van der Waals surface area (Å²) in [6.45, 7) is 1.36. The Morgan fingerprint density at radius 1 is 1.03 bits per heavy atom. The van der Waals surface area contributed by atoms with Gasteiger partial charge < -0.3 is 5.32 Å². The monoisotopic (exact) mass is 506 g/mol. The summed E-state index contributed by atoms with van der Waals surface area (Å²) in [5.41, 5.74) is 1.47. The fraction of sp³-hybridized carbons (Fsp3) is 0.208. The SMILES string of the molecule is CSc1ccc([C@@H](C)NC(=O)CN(Cc2ccc(F)cc2)S(=O)(=O)c2ccc(Cl)cc2)cc1. The normalized spacial score (nSPS) is 12.5. The Hall–Kier alpha value is -2.39. The molecule has 0 saturated carbocycles. The van der Waals surface area contributed by atoms with Crippen molar-refractivity contribution in [2.24, 2.45) is 0 Å². The highest BCUT2D eigenvalue weighted by molar-refractivity contribution is 7.98. The predicted molar refractivity (Wildman–Crippen MR) is 130 cm³/mol. The summed E-state index contributed by atoms with van der Waals surface area (Å²) >= 11 is 7.52. The van der Waals surface area contributed by atoms with Gasteiger partial charge in [0.05, 0.1) is 17.5 Å². The van der Waals surface area contributed by atoms with E-state index in [1.54, 1.807) is 11.8 Å². The van der Waals surface area contributed by atoms with Gasteiger partial charge in [-0.05, 0) is 72.8 Å². The van der Waals surface area contributed by atoms with Crippen molar-refractivity contribution in [3.8, 4) is 0 Å². The van der Waals surface area contributed by atoms with E-state index in [4.69, 9.17) is 11.6 Å². The van der Waals surface area contributed by atoms with Gasteiger partial charge in [0.15, 0.2) is 0 Å². The van der Waals surface area contributed by atoms with Crippen LogP contribution in [0.5, 0.6) is 0 Å². The average Bonchev–Trinajstić information content (AvgIpc) is 2.80. The average molecular weight is 507 g/mol. The highest BCUT2D eigenvalue weighted by Crippen LogP contribution is 2.22. The minimum Gasteiger partial charge on any atom is -0.348 e. The summed E-state index contributed by atoms with van der Waals surface area (Å²) in [5, 5.41) is 3.26. The summed E-state index contributed by atoms with van der Waals surface area (Å²) < 4.78 is 41.0. The lowest BCUT2D eigenvalue weighted by Crippen LogP contribution is -2.41. The molecule has 0 bridgehead atoms. The Balaban J connectivity index is 1.81. The van der Waals surface area contributed by atoms with Crippen LogP contribution in [0.3, 0.4) is 0 Å². The Morgan fingerprint density at radius 3 is 2.21 bits per heavy atom. The molecule has 1 amide bonds. The summed E-state index contributed by atoms with van der Waals surface area (Å²) in [6.07, 6.45) is 1.98. The van der Waals surface area contributed by atoms with E-state index in [0.717, 1.165) is 14.8 Å². The highest BCUT2D eigenvalue weighted by Gasteiger charge is 2.27. The van der Waals surface area contributed by atoms with E-state index in [-0.39, 0.29) is 17.5 Å². The lowest BCUT2D eigenvalue weighted by molar-refractivity contribution is -0.122. The zero-order valence-corrected chi connectivity index (χ0v) is 20.6.